The summed E-state index contributed by atoms with van der Waals surface area (Å²) in [5, 5.41) is 13.9. The van der Waals surface area contributed by atoms with Gasteiger partial charge in [-0.15, -0.1) is 16.4 Å². The van der Waals surface area contributed by atoms with Crippen molar-refractivity contribution in [3.63, 3.8) is 0 Å². The standard InChI is InChI=1S/C20H28N6O3S/c27-19(25-7-1-4-16(14-25)20(28)17-5-3-13-30-17)6-2-8-26-18(21-22-23-26)15-24-9-11-29-12-10-24/h3,5,13,16H,1-2,4,6-12,14-15H2/t16-/m0/s1. The molecule has 4 heterocycles. The van der Waals surface area contributed by atoms with Crippen LogP contribution in [0.2, 0.25) is 0 Å². The molecule has 162 valence electrons. The Morgan fingerprint density at radius 2 is 2.10 bits per heavy atom. The first-order valence-corrected chi connectivity index (χ1v) is 11.5. The van der Waals surface area contributed by atoms with Gasteiger partial charge in [0, 0.05) is 45.1 Å². The summed E-state index contributed by atoms with van der Waals surface area (Å²) in [5.41, 5.74) is 0. The van der Waals surface area contributed by atoms with Crippen LogP contribution in [0.1, 0.15) is 41.2 Å². The molecule has 9 nitrogen and oxygen atoms in total. The van der Waals surface area contributed by atoms with Crippen LogP contribution < -0.4 is 0 Å². The van der Waals surface area contributed by atoms with Gasteiger partial charge >= 0.3 is 0 Å². The van der Waals surface area contributed by atoms with Crippen LogP contribution >= 0.6 is 11.3 Å². The molecule has 10 heteroatoms. The van der Waals surface area contributed by atoms with Gasteiger partial charge in [-0.2, -0.15) is 0 Å². The zero-order valence-electron chi connectivity index (χ0n) is 17.1. The minimum atomic E-state index is -0.0824. The highest BCUT2D eigenvalue weighted by Gasteiger charge is 2.29. The second-order valence-corrected chi connectivity index (χ2v) is 8.78. The van der Waals surface area contributed by atoms with Gasteiger partial charge in [0.25, 0.3) is 0 Å². The number of thiophene rings is 1. The van der Waals surface area contributed by atoms with Crippen LogP contribution in [0.15, 0.2) is 17.5 Å². The molecule has 2 aromatic rings. The van der Waals surface area contributed by atoms with E-state index in [0.29, 0.717) is 32.5 Å². The average Bonchev–Trinajstić information content (AvgIpc) is 3.47. The zero-order valence-corrected chi connectivity index (χ0v) is 17.9. The number of amides is 1. The first-order valence-electron chi connectivity index (χ1n) is 10.6. The van der Waals surface area contributed by atoms with Gasteiger partial charge < -0.3 is 9.64 Å². The van der Waals surface area contributed by atoms with E-state index in [2.05, 4.69) is 20.4 Å². The third kappa shape index (κ3) is 5.30. The largest absolute Gasteiger partial charge is 0.379 e. The molecule has 4 rings (SSSR count). The van der Waals surface area contributed by atoms with Crippen molar-refractivity contribution in [2.24, 2.45) is 5.92 Å². The number of Topliss-reactive ketones (excluding diaryl/α,β-unsaturated/α-hetero) is 1. The van der Waals surface area contributed by atoms with E-state index < -0.39 is 0 Å². The van der Waals surface area contributed by atoms with Gasteiger partial charge in [0.15, 0.2) is 11.6 Å². The van der Waals surface area contributed by atoms with E-state index in [-0.39, 0.29) is 17.6 Å². The molecule has 2 aromatic heterocycles. The molecule has 0 unspecified atom stereocenters. The Kier molecular flexibility index (Phi) is 7.19. The minimum absolute atomic E-state index is 0.0824. The maximum Gasteiger partial charge on any atom is 0.222 e. The van der Waals surface area contributed by atoms with Crippen molar-refractivity contribution in [1.82, 2.24) is 30.0 Å². The third-order valence-electron chi connectivity index (χ3n) is 5.74. The molecule has 1 amide bonds. The molecule has 0 N–H and O–H groups in total. The van der Waals surface area contributed by atoms with Crippen molar-refractivity contribution >= 4 is 23.0 Å². The number of carbonyl (C=O) groups is 2. The van der Waals surface area contributed by atoms with Crippen LogP contribution in [0, 0.1) is 5.92 Å². The van der Waals surface area contributed by atoms with Gasteiger partial charge in [0.05, 0.1) is 24.6 Å². The Bertz CT molecular complexity index is 833. The van der Waals surface area contributed by atoms with Crippen molar-refractivity contribution in [1.29, 1.82) is 0 Å². The number of morpholine rings is 1. The summed E-state index contributed by atoms with van der Waals surface area (Å²) in [6.07, 6.45) is 2.86. The number of hydrogen-bond acceptors (Lipinski definition) is 8. The van der Waals surface area contributed by atoms with Gasteiger partial charge in [-0.25, -0.2) is 4.68 Å². The maximum atomic E-state index is 12.7. The number of piperidine rings is 1. The van der Waals surface area contributed by atoms with Crippen molar-refractivity contribution in [3.8, 4) is 0 Å². The van der Waals surface area contributed by atoms with Gasteiger partial charge in [-0.3, -0.25) is 14.5 Å². The Balaban J connectivity index is 1.24. The molecule has 0 spiro atoms. The summed E-state index contributed by atoms with van der Waals surface area (Å²) in [7, 11) is 0. The topological polar surface area (TPSA) is 93.5 Å². The average molecular weight is 433 g/mol. The fourth-order valence-electron chi connectivity index (χ4n) is 4.05. The highest BCUT2D eigenvalue weighted by atomic mass is 32.1. The van der Waals surface area contributed by atoms with Crippen LogP contribution in [0.3, 0.4) is 0 Å². The molecule has 30 heavy (non-hydrogen) atoms. The predicted octanol–water partition coefficient (Wildman–Crippen LogP) is 1.47. The van der Waals surface area contributed by atoms with Crippen molar-refractivity contribution in [3.05, 3.63) is 28.2 Å². The Hall–Kier alpha value is -2.17. The van der Waals surface area contributed by atoms with E-state index in [4.69, 9.17) is 4.74 Å². The number of ketones is 1. The van der Waals surface area contributed by atoms with Crippen LogP contribution in [-0.4, -0.2) is 81.1 Å². The first-order chi connectivity index (χ1) is 14.7. The van der Waals surface area contributed by atoms with E-state index in [1.165, 1.54) is 11.3 Å². The van der Waals surface area contributed by atoms with Gasteiger partial charge in [0.2, 0.25) is 5.91 Å². The monoisotopic (exact) mass is 432 g/mol. The van der Waals surface area contributed by atoms with E-state index in [1.807, 2.05) is 22.4 Å². The Labute approximate surface area is 180 Å². The number of aromatic nitrogens is 4. The van der Waals surface area contributed by atoms with E-state index in [0.717, 1.165) is 56.4 Å². The molecule has 2 aliphatic heterocycles. The number of aryl methyl sites for hydroxylation is 1. The number of hydrogen-bond donors (Lipinski definition) is 0. The SMILES string of the molecule is O=C(c1cccs1)[C@H]1CCCN(C(=O)CCCn2nnnc2CN2CCOCC2)C1. The number of rotatable bonds is 8. The van der Waals surface area contributed by atoms with E-state index in [1.54, 1.807) is 4.68 Å². The van der Waals surface area contributed by atoms with Crippen molar-refractivity contribution in [2.75, 3.05) is 39.4 Å². The summed E-state index contributed by atoms with van der Waals surface area (Å²) in [5.74, 6) is 1.02. The number of ether oxygens (including phenoxy) is 1. The van der Waals surface area contributed by atoms with Gasteiger partial charge in [-0.05, 0) is 41.1 Å². The second kappa shape index (κ2) is 10.2. The van der Waals surface area contributed by atoms with Crippen LogP contribution in [0.25, 0.3) is 0 Å². The molecule has 1 atom stereocenters. The highest BCUT2D eigenvalue weighted by Crippen LogP contribution is 2.23. The molecule has 0 bridgehead atoms. The minimum Gasteiger partial charge on any atom is -0.379 e. The molecule has 2 saturated heterocycles. The lowest BCUT2D eigenvalue weighted by molar-refractivity contribution is -0.132. The summed E-state index contributed by atoms with van der Waals surface area (Å²) in [6.45, 7) is 5.82. The fourth-order valence-corrected chi connectivity index (χ4v) is 4.79. The smallest absolute Gasteiger partial charge is 0.222 e. The predicted molar refractivity (Wildman–Crippen MR) is 111 cm³/mol. The maximum absolute atomic E-state index is 12.7. The quantitative estimate of drug-likeness (QED) is 0.583. The third-order valence-corrected chi connectivity index (χ3v) is 6.63. The normalized spacial score (nSPS) is 20.4. The molecule has 2 fully saturated rings. The van der Waals surface area contributed by atoms with Crippen molar-refractivity contribution < 1.29 is 14.3 Å². The van der Waals surface area contributed by atoms with Crippen LogP contribution in [-0.2, 0) is 22.6 Å². The molecule has 0 aliphatic carbocycles. The summed E-state index contributed by atoms with van der Waals surface area (Å²) in [4.78, 5) is 30.3. The molecular formula is C20H28N6O3S. The number of nitrogens with zero attached hydrogens (tertiary/aromatic N) is 6. The number of tetrazole rings is 1. The van der Waals surface area contributed by atoms with E-state index >= 15 is 0 Å². The van der Waals surface area contributed by atoms with Gasteiger partial charge in [-0.1, -0.05) is 6.07 Å². The fraction of sp³-hybridized carbons (Fsp3) is 0.650. The number of carbonyl (C=O) groups excluding carboxylic acids is 2. The van der Waals surface area contributed by atoms with Gasteiger partial charge in [0.1, 0.15) is 0 Å². The zero-order chi connectivity index (χ0) is 20.8. The number of likely N-dealkylation sites (tertiary alicyclic amines) is 1. The summed E-state index contributed by atoms with van der Waals surface area (Å²) < 4.78 is 7.17. The Morgan fingerprint density at radius 3 is 2.90 bits per heavy atom. The first kappa shape index (κ1) is 21.1. The lowest BCUT2D eigenvalue weighted by atomic mass is 9.92. The van der Waals surface area contributed by atoms with Crippen molar-refractivity contribution in [2.45, 2.75) is 38.8 Å². The molecular weight excluding hydrogens is 404 g/mol. The molecule has 0 radical (unpaired) electrons. The summed E-state index contributed by atoms with van der Waals surface area (Å²) >= 11 is 1.48. The van der Waals surface area contributed by atoms with Crippen LogP contribution in [0.5, 0.6) is 0 Å². The molecule has 0 saturated carbocycles. The Morgan fingerprint density at radius 1 is 1.23 bits per heavy atom. The molecule has 0 aromatic carbocycles. The van der Waals surface area contributed by atoms with E-state index in [9.17, 15) is 9.59 Å². The molecule has 2 aliphatic rings. The highest BCUT2D eigenvalue weighted by molar-refractivity contribution is 7.12. The lowest BCUT2D eigenvalue weighted by Crippen LogP contribution is -2.42. The summed E-state index contributed by atoms with van der Waals surface area (Å²) in [6, 6.07) is 3.77. The second-order valence-electron chi connectivity index (χ2n) is 7.83. The lowest BCUT2D eigenvalue weighted by Gasteiger charge is -2.32. The van der Waals surface area contributed by atoms with Crippen LogP contribution in [0.4, 0.5) is 0 Å².